The fourth-order valence-corrected chi connectivity index (χ4v) is 2.74. The van der Waals surface area contributed by atoms with E-state index in [1.165, 1.54) is 11.3 Å². The molecule has 0 aliphatic heterocycles. The average Bonchev–Trinajstić information content (AvgIpc) is 2.80. The molecule has 20 heavy (non-hydrogen) atoms. The van der Waals surface area contributed by atoms with Crippen molar-refractivity contribution < 1.29 is 14.3 Å². The van der Waals surface area contributed by atoms with E-state index in [0.29, 0.717) is 15.6 Å². The van der Waals surface area contributed by atoms with Crippen molar-refractivity contribution in [1.82, 2.24) is 4.98 Å². The van der Waals surface area contributed by atoms with Crippen LogP contribution in [0.25, 0.3) is 0 Å². The van der Waals surface area contributed by atoms with Gasteiger partial charge >= 0.3 is 5.97 Å². The summed E-state index contributed by atoms with van der Waals surface area (Å²) < 4.78 is 4.92. The predicted molar refractivity (Wildman–Crippen MR) is 77.7 cm³/mol. The third kappa shape index (κ3) is 3.05. The standard InChI is InChI=1S/C14H12ClNO3S/c1-3-19-14(18)11-13(20-8(2)16-11)12(17)9-5-4-6-10(15)7-9/h4-7H,3H2,1-2H3. The van der Waals surface area contributed by atoms with E-state index in [0.717, 1.165) is 0 Å². The highest BCUT2D eigenvalue weighted by Crippen LogP contribution is 2.23. The lowest BCUT2D eigenvalue weighted by molar-refractivity contribution is 0.0517. The third-order valence-corrected chi connectivity index (χ3v) is 3.70. The number of halogens is 1. The van der Waals surface area contributed by atoms with Crippen LogP contribution in [0.15, 0.2) is 24.3 Å². The molecule has 0 N–H and O–H groups in total. The molecule has 2 aromatic rings. The van der Waals surface area contributed by atoms with Gasteiger partial charge in [-0.2, -0.15) is 0 Å². The molecule has 0 aliphatic carbocycles. The Morgan fingerprint density at radius 2 is 2.15 bits per heavy atom. The topological polar surface area (TPSA) is 56.3 Å². The first-order valence-corrected chi connectivity index (χ1v) is 7.17. The third-order valence-electron chi connectivity index (χ3n) is 2.50. The van der Waals surface area contributed by atoms with Gasteiger partial charge in [-0.15, -0.1) is 11.3 Å². The molecule has 0 fully saturated rings. The van der Waals surface area contributed by atoms with Crippen molar-refractivity contribution in [2.45, 2.75) is 13.8 Å². The molecule has 0 unspecified atom stereocenters. The maximum atomic E-state index is 12.4. The van der Waals surface area contributed by atoms with Crippen molar-refractivity contribution in [3.63, 3.8) is 0 Å². The van der Waals surface area contributed by atoms with Crippen molar-refractivity contribution in [2.75, 3.05) is 6.61 Å². The summed E-state index contributed by atoms with van der Waals surface area (Å²) in [6, 6.07) is 6.59. The Kier molecular flexibility index (Phi) is 4.52. The van der Waals surface area contributed by atoms with Gasteiger partial charge in [-0.05, 0) is 26.0 Å². The number of aryl methyl sites for hydroxylation is 1. The molecular formula is C14H12ClNO3S. The van der Waals surface area contributed by atoms with E-state index in [9.17, 15) is 9.59 Å². The number of carbonyl (C=O) groups excluding carboxylic acids is 2. The van der Waals surface area contributed by atoms with Crippen LogP contribution < -0.4 is 0 Å². The summed E-state index contributed by atoms with van der Waals surface area (Å²) in [7, 11) is 0. The number of thiazole rings is 1. The summed E-state index contributed by atoms with van der Waals surface area (Å²) in [5.74, 6) is -0.858. The molecule has 1 aromatic carbocycles. The van der Waals surface area contributed by atoms with Crippen LogP contribution in [0.3, 0.4) is 0 Å². The van der Waals surface area contributed by atoms with E-state index >= 15 is 0 Å². The Hall–Kier alpha value is -1.72. The molecule has 0 radical (unpaired) electrons. The molecule has 2 rings (SSSR count). The van der Waals surface area contributed by atoms with Crippen molar-refractivity contribution >= 4 is 34.7 Å². The first-order valence-electron chi connectivity index (χ1n) is 5.97. The normalized spacial score (nSPS) is 10.3. The molecule has 0 saturated heterocycles. The van der Waals surface area contributed by atoms with E-state index in [4.69, 9.17) is 16.3 Å². The lowest BCUT2D eigenvalue weighted by Crippen LogP contribution is -2.11. The zero-order valence-electron chi connectivity index (χ0n) is 11.0. The summed E-state index contributed by atoms with van der Waals surface area (Å²) in [5.41, 5.74) is 0.492. The van der Waals surface area contributed by atoms with Crippen molar-refractivity contribution in [3.8, 4) is 0 Å². The van der Waals surface area contributed by atoms with Gasteiger partial charge in [0, 0.05) is 10.6 Å². The number of ketones is 1. The van der Waals surface area contributed by atoms with Gasteiger partial charge in [-0.1, -0.05) is 23.7 Å². The first-order chi connectivity index (χ1) is 9.52. The molecule has 0 aliphatic rings. The van der Waals surface area contributed by atoms with Crippen LogP contribution in [0.1, 0.15) is 37.7 Å². The predicted octanol–water partition coefficient (Wildman–Crippen LogP) is 3.51. The van der Waals surface area contributed by atoms with E-state index in [1.54, 1.807) is 38.1 Å². The maximum absolute atomic E-state index is 12.4. The van der Waals surface area contributed by atoms with Crippen molar-refractivity contribution in [3.05, 3.63) is 50.4 Å². The van der Waals surface area contributed by atoms with E-state index in [-0.39, 0.29) is 23.0 Å². The second-order valence-electron chi connectivity index (χ2n) is 3.97. The van der Waals surface area contributed by atoms with Crippen LogP contribution in [-0.2, 0) is 4.74 Å². The highest BCUT2D eigenvalue weighted by molar-refractivity contribution is 7.14. The van der Waals surface area contributed by atoms with Crippen LogP contribution in [0.2, 0.25) is 5.02 Å². The highest BCUT2D eigenvalue weighted by atomic mass is 35.5. The summed E-state index contributed by atoms with van der Waals surface area (Å²) in [6.07, 6.45) is 0. The lowest BCUT2D eigenvalue weighted by atomic mass is 10.1. The number of benzene rings is 1. The van der Waals surface area contributed by atoms with Crippen molar-refractivity contribution in [1.29, 1.82) is 0 Å². The van der Waals surface area contributed by atoms with Crippen LogP contribution >= 0.6 is 22.9 Å². The number of aromatic nitrogens is 1. The lowest BCUT2D eigenvalue weighted by Gasteiger charge is -2.02. The second-order valence-corrected chi connectivity index (χ2v) is 5.61. The molecular weight excluding hydrogens is 298 g/mol. The fraction of sp³-hybridized carbons (Fsp3) is 0.214. The monoisotopic (exact) mass is 309 g/mol. The molecule has 1 aromatic heterocycles. The molecule has 0 atom stereocenters. The van der Waals surface area contributed by atoms with Gasteiger partial charge in [-0.25, -0.2) is 9.78 Å². The van der Waals surface area contributed by atoms with Gasteiger partial charge in [0.1, 0.15) is 4.88 Å². The molecule has 0 saturated carbocycles. The zero-order chi connectivity index (χ0) is 14.7. The summed E-state index contributed by atoms with van der Waals surface area (Å²) in [4.78, 5) is 28.6. The average molecular weight is 310 g/mol. The Morgan fingerprint density at radius 3 is 2.80 bits per heavy atom. The minimum Gasteiger partial charge on any atom is -0.461 e. The second kappa shape index (κ2) is 6.15. The molecule has 4 nitrogen and oxygen atoms in total. The molecule has 1 heterocycles. The summed E-state index contributed by atoms with van der Waals surface area (Å²) in [5, 5.41) is 1.10. The number of esters is 1. The Morgan fingerprint density at radius 1 is 1.40 bits per heavy atom. The summed E-state index contributed by atoms with van der Waals surface area (Å²) >= 11 is 7.05. The SMILES string of the molecule is CCOC(=O)c1nc(C)sc1C(=O)c1cccc(Cl)c1. The Bertz CT molecular complexity index is 666. The van der Waals surface area contributed by atoms with Crippen LogP contribution in [-0.4, -0.2) is 23.3 Å². The van der Waals surface area contributed by atoms with E-state index < -0.39 is 5.97 Å². The van der Waals surface area contributed by atoms with Gasteiger partial charge in [0.05, 0.1) is 11.6 Å². The molecule has 6 heteroatoms. The number of carbonyl (C=O) groups is 2. The maximum Gasteiger partial charge on any atom is 0.358 e. The van der Waals surface area contributed by atoms with Gasteiger partial charge in [0.2, 0.25) is 5.78 Å². The molecule has 0 spiro atoms. The van der Waals surface area contributed by atoms with E-state index in [1.807, 2.05) is 0 Å². The summed E-state index contributed by atoms with van der Waals surface area (Å²) in [6.45, 7) is 3.68. The number of rotatable bonds is 4. The van der Waals surface area contributed by atoms with Crippen LogP contribution in [0.4, 0.5) is 0 Å². The number of ether oxygens (including phenoxy) is 1. The van der Waals surface area contributed by atoms with Crippen molar-refractivity contribution in [2.24, 2.45) is 0 Å². The minimum atomic E-state index is -0.581. The highest BCUT2D eigenvalue weighted by Gasteiger charge is 2.24. The number of nitrogens with zero attached hydrogens (tertiary/aromatic N) is 1. The quantitative estimate of drug-likeness (QED) is 0.640. The van der Waals surface area contributed by atoms with Gasteiger partial charge < -0.3 is 4.74 Å². The Balaban J connectivity index is 2.42. The molecule has 0 bridgehead atoms. The largest absolute Gasteiger partial charge is 0.461 e. The van der Waals surface area contributed by atoms with Crippen LogP contribution in [0.5, 0.6) is 0 Å². The first kappa shape index (κ1) is 14.7. The molecule has 0 amide bonds. The minimum absolute atomic E-state index is 0.0688. The molecule has 104 valence electrons. The number of hydrogen-bond acceptors (Lipinski definition) is 5. The fourth-order valence-electron chi connectivity index (χ4n) is 1.68. The van der Waals surface area contributed by atoms with Gasteiger partial charge in [-0.3, -0.25) is 4.79 Å². The van der Waals surface area contributed by atoms with Gasteiger partial charge in [0.15, 0.2) is 5.69 Å². The zero-order valence-corrected chi connectivity index (χ0v) is 12.5. The smallest absolute Gasteiger partial charge is 0.358 e. The van der Waals surface area contributed by atoms with Crippen LogP contribution in [0, 0.1) is 6.92 Å². The Labute approximate surface area is 125 Å². The van der Waals surface area contributed by atoms with E-state index in [2.05, 4.69) is 4.98 Å². The van der Waals surface area contributed by atoms with Gasteiger partial charge in [0.25, 0.3) is 0 Å². The number of hydrogen-bond donors (Lipinski definition) is 0.